The lowest BCUT2D eigenvalue weighted by Crippen LogP contribution is -2.24. The fourth-order valence-electron chi connectivity index (χ4n) is 2.20. The standard InChI is InChI=1S/C15H16ClNO3/c1-15(2,3)8-17-11(14(19)20)7-12(18)9-5-4-6-10(16)13(9)17/h4-7H,8H2,1-3H3,(H,19,20). The Morgan fingerprint density at radius 2 is 2.00 bits per heavy atom. The summed E-state index contributed by atoms with van der Waals surface area (Å²) in [6, 6.07) is 6.17. The van der Waals surface area contributed by atoms with Gasteiger partial charge in [0.05, 0.1) is 10.5 Å². The lowest BCUT2D eigenvalue weighted by Gasteiger charge is -2.24. The Hall–Kier alpha value is -1.81. The van der Waals surface area contributed by atoms with Crippen molar-refractivity contribution in [3.8, 4) is 0 Å². The lowest BCUT2D eigenvalue weighted by molar-refractivity contribution is 0.0682. The Labute approximate surface area is 121 Å². The van der Waals surface area contributed by atoms with E-state index in [1.165, 1.54) is 0 Å². The van der Waals surface area contributed by atoms with Crippen molar-refractivity contribution in [2.75, 3.05) is 0 Å². The van der Waals surface area contributed by atoms with Crippen LogP contribution in [0.15, 0.2) is 29.1 Å². The van der Waals surface area contributed by atoms with Gasteiger partial charge in [-0.1, -0.05) is 38.4 Å². The zero-order valence-electron chi connectivity index (χ0n) is 11.6. The van der Waals surface area contributed by atoms with E-state index >= 15 is 0 Å². The second kappa shape index (κ2) is 4.94. The van der Waals surface area contributed by atoms with Crippen LogP contribution in [-0.2, 0) is 6.54 Å². The minimum absolute atomic E-state index is 0.0366. The average molecular weight is 294 g/mol. The maximum absolute atomic E-state index is 12.0. The molecule has 0 atom stereocenters. The normalized spacial score (nSPS) is 11.8. The molecule has 1 heterocycles. The van der Waals surface area contributed by atoms with Gasteiger partial charge in [0.15, 0.2) is 5.43 Å². The average Bonchev–Trinajstić information content (AvgIpc) is 2.30. The molecule has 1 N–H and O–H groups in total. The molecule has 0 amide bonds. The van der Waals surface area contributed by atoms with Crippen LogP contribution in [0.5, 0.6) is 0 Å². The predicted molar refractivity (Wildman–Crippen MR) is 79.6 cm³/mol. The van der Waals surface area contributed by atoms with E-state index in [2.05, 4.69) is 0 Å². The van der Waals surface area contributed by atoms with E-state index in [1.54, 1.807) is 22.8 Å². The van der Waals surface area contributed by atoms with E-state index in [-0.39, 0.29) is 16.5 Å². The third kappa shape index (κ3) is 2.70. The quantitative estimate of drug-likeness (QED) is 0.923. The molecule has 0 saturated heterocycles. The van der Waals surface area contributed by atoms with Crippen LogP contribution >= 0.6 is 11.6 Å². The Kier molecular flexibility index (Phi) is 3.61. The molecule has 106 valence electrons. The largest absolute Gasteiger partial charge is 0.477 e. The van der Waals surface area contributed by atoms with Gasteiger partial charge in [-0.2, -0.15) is 0 Å². The van der Waals surface area contributed by atoms with Gasteiger partial charge in [0, 0.05) is 18.0 Å². The van der Waals surface area contributed by atoms with Gasteiger partial charge in [-0.15, -0.1) is 0 Å². The molecule has 0 radical (unpaired) electrons. The number of benzene rings is 1. The molecule has 20 heavy (non-hydrogen) atoms. The summed E-state index contributed by atoms with van der Waals surface area (Å²) < 4.78 is 1.61. The van der Waals surface area contributed by atoms with Crippen molar-refractivity contribution in [1.82, 2.24) is 4.57 Å². The maximum atomic E-state index is 12.0. The molecule has 0 aliphatic carbocycles. The molecule has 0 fully saturated rings. The predicted octanol–water partition coefficient (Wildman–Crippen LogP) is 3.40. The number of aromatic carboxylic acids is 1. The molecule has 0 aliphatic rings. The molecule has 0 aliphatic heterocycles. The number of rotatable bonds is 2. The summed E-state index contributed by atoms with van der Waals surface area (Å²) in [4.78, 5) is 23.5. The highest BCUT2D eigenvalue weighted by atomic mass is 35.5. The first kappa shape index (κ1) is 14.6. The monoisotopic (exact) mass is 293 g/mol. The third-order valence-corrected chi connectivity index (χ3v) is 3.24. The van der Waals surface area contributed by atoms with Gasteiger partial charge in [-0.25, -0.2) is 4.79 Å². The van der Waals surface area contributed by atoms with E-state index in [9.17, 15) is 14.7 Å². The number of carboxylic acid groups (broad SMARTS) is 1. The number of carbonyl (C=O) groups is 1. The van der Waals surface area contributed by atoms with Gasteiger partial charge in [0.1, 0.15) is 5.69 Å². The van der Waals surface area contributed by atoms with E-state index in [1.807, 2.05) is 20.8 Å². The van der Waals surface area contributed by atoms with Crippen LogP contribution in [0.1, 0.15) is 31.3 Å². The first-order valence-electron chi connectivity index (χ1n) is 6.26. The second-order valence-electron chi connectivity index (χ2n) is 5.98. The van der Waals surface area contributed by atoms with Crippen LogP contribution in [0.4, 0.5) is 0 Å². The summed E-state index contributed by atoms with van der Waals surface area (Å²) in [7, 11) is 0. The topological polar surface area (TPSA) is 59.3 Å². The molecule has 0 spiro atoms. The zero-order chi connectivity index (χ0) is 15.1. The van der Waals surface area contributed by atoms with Gasteiger partial charge in [0.2, 0.25) is 0 Å². The Balaban J connectivity index is 2.92. The van der Waals surface area contributed by atoms with E-state index < -0.39 is 5.97 Å². The smallest absolute Gasteiger partial charge is 0.352 e. The maximum Gasteiger partial charge on any atom is 0.352 e. The number of carboxylic acids is 1. The number of pyridine rings is 1. The molecule has 2 aromatic rings. The summed E-state index contributed by atoms with van der Waals surface area (Å²) in [5.74, 6) is -1.13. The number of para-hydroxylation sites is 1. The summed E-state index contributed by atoms with van der Waals surface area (Å²) in [6.07, 6.45) is 0. The van der Waals surface area contributed by atoms with Crippen LogP contribution in [-0.4, -0.2) is 15.6 Å². The molecular formula is C15H16ClNO3. The number of hydrogen-bond acceptors (Lipinski definition) is 2. The van der Waals surface area contributed by atoms with Crippen molar-refractivity contribution in [3.05, 3.63) is 45.2 Å². The number of halogens is 1. The van der Waals surface area contributed by atoms with Crippen LogP contribution in [0, 0.1) is 5.41 Å². The number of hydrogen-bond donors (Lipinski definition) is 1. The van der Waals surface area contributed by atoms with Crippen LogP contribution in [0.2, 0.25) is 5.02 Å². The van der Waals surface area contributed by atoms with E-state index in [0.717, 1.165) is 6.07 Å². The van der Waals surface area contributed by atoms with Crippen molar-refractivity contribution in [2.24, 2.45) is 5.41 Å². The van der Waals surface area contributed by atoms with Crippen LogP contribution in [0.25, 0.3) is 10.9 Å². The first-order valence-corrected chi connectivity index (χ1v) is 6.64. The molecular weight excluding hydrogens is 278 g/mol. The van der Waals surface area contributed by atoms with Crippen molar-refractivity contribution >= 4 is 28.5 Å². The molecule has 1 aromatic heterocycles. The fourth-order valence-corrected chi connectivity index (χ4v) is 2.48. The van der Waals surface area contributed by atoms with Gasteiger partial charge in [0.25, 0.3) is 0 Å². The highest BCUT2D eigenvalue weighted by molar-refractivity contribution is 6.35. The van der Waals surface area contributed by atoms with Gasteiger partial charge in [-0.3, -0.25) is 4.79 Å². The van der Waals surface area contributed by atoms with Crippen molar-refractivity contribution in [1.29, 1.82) is 0 Å². The van der Waals surface area contributed by atoms with Gasteiger partial charge < -0.3 is 9.67 Å². The van der Waals surface area contributed by atoms with Crippen molar-refractivity contribution in [2.45, 2.75) is 27.3 Å². The van der Waals surface area contributed by atoms with Gasteiger partial charge in [-0.05, 0) is 17.5 Å². The number of nitrogens with zero attached hydrogens (tertiary/aromatic N) is 1. The Morgan fingerprint density at radius 3 is 2.55 bits per heavy atom. The number of fused-ring (bicyclic) bond motifs is 1. The summed E-state index contributed by atoms with van der Waals surface area (Å²) in [5, 5.41) is 10.2. The van der Waals surface area contributed by atoms with Gasteiger partial charge >= 0.3 is 5.97 Å². The third-order valence-electron chi connectivity index (χ3n) is 2.93. The Morgan fingerprint density at radius 1 is 1.35 bits per heavy atom. The van der Waals surface area contributed by atoms with Crippen LogP contribution in [0.3, 0.4) is 0 Å². The lowest BCUT2D eigenvalue weighted by atomic mass is 9.96. The zero-order valence-corrected chi connectivity index (χ0v) is 12.4. The molecule has 1 aromatic carbocycles. The van der Waals surface area contributed by atoms with Crippen molar-refractivity contribution in [3.63, 3.8) is 0 Å². The van der Waals surface area contributed by atoms with E-state index in [0.29, 0.717) is 22.5 Å². The second-order valence-corrected chi connectivity index (χ2v) is 6.39. The van der Waals surface area contributed by atoms with E-state index in [4.69, 9.17) is 11.6 Å². The van der Waals surface area contributed by atoms with Crippen LogP contribution < -0.4 is 5.43 Å². The molecule has 0 saturated carbocycles. The number of aromatic nitrogens is 1. The van der Waals surface area contributed by atoms with Crippen molar-refractivity contribution < 1.29 is 9.90 Å². The fraction of sp³-hybridized carbons (Fsp3) is 0.333. The highest BCUT2D eigenvalue weighted by Crippen LogP contribution is 2.26. The molecule has 2 rings (SSSR count). The Bertz CT molecular complexity index is 741. The summed E-state index contributed by atoms with van der Waals surface area (Å²) in [5.41, 5.74) is -0.0321. The molecule has 5 heteroatoms. The minimum atomic E-state index is -1.13. The minimum Gasteiger partial charge on any atom is -0.477 e. The summed E-state index contributed by atoms with van der Waals surface area (Å²) in [6.45, 7) is 6.45. The molecule has 0 unspecified atom stereocenters. The SMILES string of the molecule is CC(C)(C)Cn1c(C(=O)O)cc(=O)c2cccc(Cl)c21. The highest BCUT2D eigenvalue weighted by Gasteiger charge is 2.20. The first-order chi connectivity index (χ1) is 9.20. The molecule has 0 bridgehead atoms. The summed E-state index contributed by atoms with van der Waals surface area (Å²) >= 11 is 6.19. The molecule has 4 nitrogen and oxygen atoms in total.